The third kappa shape index (κ3) is 6.83. The van der Waals surface area contributed by atoms with E-state index in [4.69, 9.17) is 27.9 Å². The molecular formula is C27H27Cl2NO3. The number of hydrogen-bond donors (Lipinski definition) is 1. The molecule has 6 heteroatoms. The maximum Gasteiger partial charge on any atom is 0.338 e. The van der Waals surface area contributed by atoms with Crippen molar-refractivity contribution in [1.82, 2.24) is 5.32 Å². The summed E-state index contributed by atoms with van der Waals surface area (Å²) >= 11 is 11.9. The summed E-state index contributed by atoms with van der Waals surface area (Å²) in [6.45, 7) is 6.52. The molecule has 0 aliphatic rings. The fourth-order valence-corrected chi connectivity index (χ4v) is 3.82. The number of halogens is 2. The van der Waals surface area contributed by atoms with Crippen LogP contribution in [0.2, 0.25) is 10.0 Å². The Morgan fingerprint density at radius 3 is 1.85 bits per heavy atom. The van der Waals surface area contributed by atoms with Gasteiger partial charge in [0.15, 0.2) is 0 Å². The Hall–Kier alpha value is -2.82. The monoisotopic (exact) mass is 483 g/mol. The SMILES string of the molecule is CC(C)(C)C(CNC(=O)c1ccc(Cl)cc1)C(OC(=O)c1ccc(Cl)cc1)c1ccccc1. The van der Waals surface area contributed by atoms with Gasteiger partial charge in [-0.25, -0.2) is 4.79 Å². The van der Waals surface area contributed by atoms with Gasteiger partial charge in [0.2, 0.25) is 0 Å². The van der Waals surface area contributed by atoms with E-state index in [2.05, 4.69) is 26.1 Å². The number of ether oxygens (including phenoxy) is 1. The molecule has 3 aromatic rings. The van der Waals surface area contributed by atoms with Gasteiger partial charge in [0.1, 0.15) is 6.10 Å². The lowest BCUT2D eigenvalue weighted by atomic mass is 9.75. The highest BCUT2D eigenvalue weighted by Crippen LogP contribution is 2.39. The van der Waals surface area contributed by atoms with Crippen molar-refractivity contribution in [3.63, 3.8) is 0 Å². The van der Waals surface area contributed by atoms with Gasteiger partial charge >= 0.3 is 5.97 Å². The first-order chi connectivity index (χ1) is 15.6. The minimum atomic E-state index is -0.570. The Bertz CT molecular complexity index is 1080. The molecule has 0 heterocycles. The quantitative estimate of drug-likeness (QED) is 0.368. The maximum absolute atomic E-state index is 13.0. The molecule has 0 aliphatic heterocycles. The lowest BCUT2D eigenvalue weighted by Crippen LogP contribution is -2.40. The molecule has 1 N–H and O–H groups in total. The number of nitrogens with one attached hydrogen (secondary N) is 1. The van der Waals surface area contributed by atoms with Crippen LogP contribution >= 0.6 is 23.2 Å². The summed E-state index contributed by atoms with van der Waals surface area (Å²) < 4.78 is 6.05. The molecule has 0 saturated heterocycles. The number of carbonyl (C=O) groups is 2. The van der Waals surface area contributed by atoms with E-state index in [0.717, 1.165) is 5.56 Å². The van der Waals surface area contributed by atoms with Crippen LogP contribution in [0.15, 0.2) is 78.9 Å². The lowest BCUT2D eigenvalue weighted by molar-refractivity contribution is -0.00853. The minimum Gasteiger partial charge on any atom is -0.454 e. The molecule has 3 aromatic carbocycles. The first kappa shape index (κ1) is 24.8. The van der Waals surface area contributed by atoms with Crippen LogP contribution in [0.5, 0.6) is 0 Å². The van der Waals surface area contributed by atoms with Gasteiger partial charge in [0.05, 0.1) is 5.56 Å². The van der Waals surface area contributed by atoms with Crippen molar-refractivity contribution >= 4 is 35.1 Å². The van der Waals surface area contributed by atoms with E-state index in [1.807, 2.05) is 30.3 Å². The highest BCUT2D eigenvalue weighted by molar-refractivity contribution is 6.31. The second-order valence-electron chi connectivity index (χ2n) is 8.93. The first-order valence-electron chi connectivity index (χ1n) is 10.7. The molecule has 3 rings (SSSR count). The molecule has 0 radical (unpaired) electrons. The average Bonchev–Trinajstić information content (AvgIpc) is 2.79. The van der Waals surface area contributed by atoms with E-state index in [9.17, 15) is 9.59 Å². The molecule has 2 atom stereocenters. The number of benzene rings is 3. The van der Waals surface area contributed by atoms with Crippen LogP contribution in [0.3, 0.4) is 0 Å². The number of amides is 1. The summed E-state index contributed by atoms with van der Waals surface area (Å²) in [6, 6.07) is 22.9. The summed E-state index contributed by atoms with van der Waals surface area (Å²) in [5.74, 6) is -0.858. The van der Waals surface area contributed by atoms with E-state index >= 15 is 0 Å². The smallest absolute Gasteiger partial charge is 0.338 e. The van der Waals surface area contributed by atoms with Gasteiger partial charge < -0.3 is 10.1 Å². The van der Waals surface area contributed by atoms with Crippen LogP contribution in [0.1, 0.15) is 53.2 Å². The third-order valence-corrected chi connectivity index (χ3v) is 6.01. The van der Waals surface area contributed by atoms with E-state index in [-0.39, 0.29) is 17.2 Å². The normalized spacial score (nSPS) is 13.1. The van der Waals surface area contributed by atoms with Crippen molar-refractivity contribution in [3.05, 3.63) is 106 Å². The minimum absolute atomic E-state index is 0.201. The fourth-order valence-electron chi connectivity index (χ4n) is 3.57. The highest BCUT2D eigenvalue weighted by atomic mass is 35.5. The van der Waals surface area contributed by atoms with Crippen LogP contribution in [0.4, 0.5) is 0 Å². The summed E-state index contributed by atoms with van der Waals surface area (Å²) in [6.07, 6.45) is -0.570. The fraction of sp³-hybridized carbons (Fsp3) is 0.259. The molecule has 0 aliphatic carbocycles. The Morgan fingerprint density at radius 1 is 0.818 bits per heavy atom. The Morgan fingerprint density at radius 2 is 1.33 bits per heavy atom. The average molecular weight is 484 g/mol. The topological polar surface area (TPSA) is 55.4 Å². The summed E-state index contributed by atoms with van der Waals surface area (Å²) in [4.78, 5) is 25.7. The summed E-state index contributed by atoms with van der Waals surface area (Å²) in [5, 5.41) is 4.12. The Labute approximate surface area is 204 Å². The van der Waals surface area contributed by atoms with Gasteiger partial charge in [-0.15, -0.1) is 0 Å². The first-order valence-corrected chi connectivity index (χ1v) is 11.5. The molecule has 0 bridgehead atoms. The molecule has 0 spiro atoms. The van der Waals surface area contributed by atoms with Gasteiger partial charge in [-0.2, -0.15) is 0 Å². The maximum atomic E-state index is 13.0. The van der Waals surface area contributed by atoms with Crippen LogP contribution in [-0.2, 0) is 4.74 Å². The van der Waals surface area contributed by atoms with Crippen LogP contribution in [0, 0.1) is 11.3 Å². The molecule has 4 nitrogen and oxygen atoms in total. The van der Waals surface area contributed by atoms with Crippen molar-refractivity contribution in [3.8, 4) is 0 Å². The second-order valence-corrected chi connectivity index (χ2v) is 9.81. The zero-order valence-electron chi connectivity index (χ0n) is 18.8. The van der Waals surface area contributed by atoms with Gasteiger partial charge in [0, 0.05) is 28.1 Å². The molecule has 172 valence electrons. The number of carbonyl (C=O) groups excluding carboxylic acids is 2. The predicted molar refractivity (Wildman–Crippen MR) is 133 cm³/mol. The van der Waals surface area contributed by atoms with Crippen molar-refractivity contribution in [1.29, 1.82) is 0 Å². The number of rotatable bonds is 7. The molecule has 1 amide bonds. The molecule has 0 saturated carbocycles. The largest absolute Gasteiger partial charge is 0.454 e. The second kappa shape index (κ2) is 10.9. The lowest BCUT2D eigenvalue weighted by Gasteiger charge is -2.37. The van der Waals surface area contributed by atoms with Gasteiger partial charge in [-0.3, -0.25) is 4.79 Å². The van der Waals surface area contributed by atoms with Crippen molar-refractivity contribution in [2.45, 2.75) is 26.9 Å². The van der Waals surface area contributed by atoms with Crippen molar-refractivity contribution < 1.29 is 14.3 Å². The molecular weight excluding hydrogens is 457 g/mol. The van der Waals surface area contributed by atoms with Crippen LogP contribution in [0.25, 0.3) is 0 Å². The van der Waals surface area contributed by atoms with Crippen molar-refractivity contribution in [2.75, 3.05) is 6.54 Å². The zero-order valence-corrected chi connectivity index (χ0v) is 20.4. The van der Waals surface area contributed by atoms with E-state index in [1.54, 1.807) is 48.5 Å². The third-order valence-electron chi connectivity index (χ3n) is 5.51. The standard InChI is InChI=1S/C27H27Cl2NO3/c1-27(2,3)23(17-30-25(31)19-9-13-21(28)14-10-19)24(18-7-5-4-6-8-18)33-26(32)20-11-15-22(29)16-12-20/h4-16,23-24H,17H2,1-3H3,(H,30,31). The molecule has 0 fully saturated rings. The molecule has 33 heavy (non-hydrogen) atoms. The zero-order chi connectivity index (χ0) is 24.0. The Balaban J connectivity index is 1.86. The van der Waals surface area contributed by atoms with Gasteiger partial charge in [-0.05, 0) is 59.5 Å². The van der Waals surface area contributed by atoms with Crippen LogP contribution < -0.4 is 5.32 Å². The van der Waals surface area contributed by atoms with E-state index in [1.165, 1.54) is 0 Å². The summed E-state index contributed by atoms with van der Waals surface area (Å²) in [5.41, 5.74) is 1.51. The van der Waals surface area contributed by atoms with E-state index < -0.39 is 12.1 Å². The van der Waals surface area contributed by atoms with E-state index in [0.29, 0.717) is 27.7 Å². The van der Waals surface area contributed by atoms with Crippen molar-refractivity contribution in [2.24, 2.45) is 11.3 Å². The molecule has 0 aromatic heterocycles. The number of hydrogen-bond acceptors (Lipinski definition) is 3. The highest BCUT2D eigenvalue weighted by Gasteiger charge is 2.36. The molecule has 2 unspecified atom stereocenters. The van der Waals surface area contributed by atoms with Gasteiger partial charge in [-0.1, -0.05) is 74.3 Å². The predicted octanol–water partition coefficient (Wildman–Crippen LogP) is 6.98. The summed E-state index contributed by atoms with van der Waals surface area (Å²) in [7, 11) is 0. The van der Waals surface area contributed by atoms with Gasteiger partial charge in [0.25, 0.3) is 5.91 Å². The number of esters is 1. The Kier molecular flexibility index (Phi) is 8.17. The van der Waals surface area contributed by atoms with Crippen LogP contribution in [-0.4, -0.2) is 18.4 Å².